The van der Waals surface area contributed by atoms with Gasteiger partial charge in [-0.1, -0.05) is 83.9 Å². The quantitative estimate of drug-likeness (QED) is 0.128. The first kappa shape index (κ1) is 32.7. The molecule has 2 fully saturated rings. The van der Waals surface area contributed by atoms with E-state index in [0.29, 0.717) is 0 Å². The molecule has 0 aliphatic heterocycles. The molecule has 0 atom stereocenters. The molecule has 0 amide bonds. The van der Waals surface area contributed by atoms with Crippen LogP contribution in [0.15, 0.2) is 121 Å². The van der Waals surface area contributed by atoms with E-state index in [1.165, 1.54) is 80.6 Å². The van der Waals surface area contributed by atoms with E-state index < -0.39 is 0 Å². The van der Waals surface area contributed by atoms with Crippen LogP contribution in [-0.2, 0) is 23.3 Å². The van der Waals surface area contributed by atoms with Crippen LogP contribution in [-0.4, -0.2) is 5.43 Å². The molecule has 6 aromatic rings. The average Bonchev–Trinajstić information content (AvgIpc) is 3.92. The zero-order valence-corrected chi connectivity index (χ0v) is 29.4. The van der Waals surface area contributed by atoms with Gasteiger partial charge in [-0.25, -0.2) is 0 Å². The molecule has 0 N–H and O–H groups in total. The fraction of sp³-hybridized carbons (Fsp3) is 0.211. The molecule has 0 nitrogen and oxygen atoms in total. The Balaban J connectivity index is 0.000000165. The summed E-state index contributed by atoms with van der Waals surface area (Å²) in [6.07, 6.45) is 5.49. The molecule has 0 aromatic heterocycles. The van der Waals surface area contributed by atoms with Crippen molar-refractivity contribution in [2.24, 2.45) is 0 Å². The number of halogens is 2. The molecule has 0 unspecified atom stereocenters. The molecule has 0 heterocycles. The smallest absolute Gasteiger partial charge is 0.0279 e. The van der Waals surface area contributed by atoms with Gasteiger partial charge in [-0.15, -0.1) is 93.9 Å². The number of rotatable bonds is 4. The van der Waals surface area contributed by atoms with E-state index in [-0.39, 0.29) is 30.2 Å². The van der Waals surface area contributed by atoms with E-state index in [4.69, 9.17) is 0 Å². The first-order valence-corrected chi connectivity index (χ1v) is 20.8. The first-order chi connectivity index (χ1) is 19.6. The van der Waals surface area contributed by atoms with E-state index in [9.17, 15) is 0 Å². The summed E-state index contributed by atoms with van der Waals surface area (Å²) >= 11 is 1.74. The molecule has 8 rings (SSSR count). The zero-order valence-electron chi connectivity index (χ0n) is 24.3. The van der Waals surface area contributed by atoms with Gasteiger partial charge >= 0.3 is 41.9 Å². The number of hydrogen-bond acceptors (Lipinski definition) is 0. The van der Waals surface area contributed by atoms with E-state index in [1.54, 1.807) is 23.3 Å². The Kier molecular flexibility index (Phi) is 11.7. The van der Waals surface area contributed by atoms with Crippen LogP contribution in [0.25, 0.3) is 43.8 Å². The summed E-state index contributed by atoms with van der Waals surface area (Å²) in [5.74, 6) is 1.67. The predicted octanol–water partition coefficient (Wildman–Crippen LogP) is 11.8. The largest absolute Gasteiger partial charge is 0.164 e. The number of fused-ring (bicyclic) bond motifs is 2. The third kappa shape index (κ3) is 8.03. The molecule has 2 aliphatic rings. The molecule has 0 radical (unpaired) electrons. The van der Waals surface area contributed by atoms with Crippen LogP contribution in [0.4, 0.5) is 0 Å². The summed E-state index contributed by atoms with van der Waals surface area (Å²) in [4.78, 5) is 0. The van der Waals surface area contributed by atoms with Crippen LogP contribution in [0.2, 0.25) is 13.1 Å². The molecule has 0 bridgehead atoms. The molecule has 4 heteroatoms. The summed E-state index contributed by atoms with van der Waals surface area (Å²) in [5, 5.41) is 5.59. The van der Waals surface area contributed by atoms with E-state index in [0.717, 1.165) is 11.8 Å². The van der Waals surface area contributed by atoms with E-state index in [1.807, 2.05) is 0 Å². The van der Waals surface area contributed by atoms with Gasteiger partial charge in [-0.2, -0.15) is 12.1 Å². The van der Waals surface area contributed by atoms with Crippen molar-refractivity contribution < 1.29 is 23.3 Å². The van der Waals surface area contributed by atoms with Crippen LogP contribution < -0.4 is 0 Å². The second kappa shape index (κ2) is 15.0. The molecule has 212 valence electrons. The van der Waals surface area contributed by atoms with Crippen molar-refractivity contribution in [1.29, 1.82) is 0 Å². The van der Waals surface area contributed by atoms with Crippen LogP contribution >= 0.6 is 24.8 Å². The fourth-order valence-electron chi connectivity index (χ4n) is 5.56. The molecule has 0 saturated heterocycles. The molecular formula is C38H38Cl2SiZr. The number of hydrogen-bond donors (Lipinski definition) is 0. The van der Waals surface area contributed by atoms with E-state index >= 15 is 0 Å². The summed E-state index contributed by atoms with van der Waals surface area (Å²) in [6.45, 7) is 4.62. The molecule has 2 saturated carbocycles. The molecule has 42 heavy (non-hydrogen) atoms. The Morgan fingerprint density at radius 1 is 0.548 bits per heavy atom. The average molecular weight is 685 g/mol. The van der Waals surface area contributed by atoms with Crippen molar-refractivity contribution in [3.05, 3.63) is 132 Å². The summed E-state index contributed by atoms with van der Waals surface area (Å²) in [6, 6.07) is 44.2. The Morgan fingerprint density at radius 3 is 1.24 bits per heavy atom. The SMILES string of the molecule is C[Si](C)=[Zr+2].Cl.Cl.c1ccc(-c2cccc3[cH-]c(C4CC4)cc23)cc1.c1ccc(-c2cccc3[cH-]c(C4CC4)cc23)cc1. The third-order valence-electron chi connectivity index (χ3n) is 7.81. The van der Waals surface area contributed by atoms with Crippen molar-refractivity contribution in [2.75, 3.05) is 0 Å². The maximum atomic E-state index is 2.40. The minimum absolute atomic E-state index is 0. The topological polar surface area (TPSA) is 0 Å². The van der Waals surface area contributed by atoms with Crippen LogP contribution in [0.5, 0.6) is 0 Å². The Morgan fingerprint density at radius 2 is 0.905 bits per heavy atom. The predicted molar refractivity (Wildman–Crippen MR) is 186 cm³/mol. The van der Waals surface area contributed by atoms with Crippen molar-refractivity contribution in [2.45, 2.75) is 50.6 Å². The van der Waals surface area contributed by atoms with Crippen molar-refractivity contribution in [1.82, 2.24) is 0 Å². The zero-order chi connectivity index (χ0) is 27.5. The van der Waals surface area contributed by atoms with Crippen molar-refractivity contribution in [3.8, 4) is 22.3 Å². The minimum atomic E-state index is 0. The minimum Gasteiger partial charge on any atom is -0.164 e. The fourth-order valence-corrected chi connectivity index (χ4v) is 5.56. The summed E-state index contributed by atoms with van der Waals surface area (Å²) < 4.78 is 0. The van der Waals surface area contributed by atoms with Gasteiger partial charge in [0.1, 0.15) is 0 Å². The first-order valence-electron chi connectivity index (χ1n) is 14.6. The Hall–Kier alpha value is -2.22. The Bertz CT molecular complexity index is 1610. The number of benzene rings is 4. The van der Waals surface area contributed by atoms with Gasteiger partial charge in [0, 0.05) is 0 Å². The molecule has 6 aromatic carbocycles. The van der Waals surface area contributed by atoms with Crippen molar-refractivity contribution in [3.63, 3.8) is 0 Å². The van der Waals surface area contributed by atoms with Gasteiger partial charge in [-0.3, -0.25) is 0 Å². The van der Waals surface area contributed by atoms with Gasteiger partial charge < -0.3 is 0 Å². The monoisotopic (exact) mass is 682 g/mol. The molecular weight excluding hydrogens is 647 g/mol. The van der Waals surface area contributed by atoms with Gasteiger partial charge in [0.25, 0.3) is 0 Å². The maximum absolute atomic E-state index is 2.40. The van der Waals surface area contributed by atoms with Crippen molar-refractivity contribution >= 4 is 51.8 Å². The normalized spacial score (nSPS) is 13.6. The summed E-state index contributed by atoms with van der Waals surface area (Å²) in [5.41, 5.74) is 8.64. The molecule has 2 aliphatic carbocycles. The summed E-state index contributed by atoms with van der Waals surface area (Å²) in [7, 11) is 0. The van der Waals surface area contributed by atoms with Crippen LogP contribution in [0.3, 0.4) is 0 Å². The van der Waals surface area contributed by atoms with Crippen LogP contribution in [0.1, 0.15) is 48.6 Å². The third-order valence-corrected chi connectivity index (χ3v) is 7.81. The van der Waals surface area contributed by atoms with Gasteiger partial charge in [0.05, 0.1) is 0 Å². The standard InChI is InChI=1S/2C18H15.C2H6Si.2ClH.Zr/c2*1-2-5-14(6-3-1)17-8-4-7-15-11-16(12-18(15)17)13-9-10-13;1-3-2;;;/h2*1-8,11-13H,9-10H2;1-2H3;2*1H;/q2*-1;;;;+2. The maximum Gasteiger partial charge on any atom is -0.0279 e. The second-order valence-electron chi connectivity index (χ2n) is 11.5. The van der Waals surface area contributed by atoms with Gasteiger partial charge in [0.2, 0.25) is 0 Å². The second-order valence-corrected chi connectivity index (χ2v) is 20.8. The van der Waals surface area contributed by atoms with Gasteiger partial charge in [0.15, 0.2) is 0 Å². The van der Waals surface area contributed by atoms with Crippen LogP contribution in [0, 0.1) is 0 Å². The van der Waals surface area contributed by atoms with Gasteiger partial charge in [-0.05, 0) is 48.6 Å². The molecule has 0 spiro atoms. The Labute approximate surface area is 278 Å². The van der Waals surface area contributed by atoms with E-state index in [2.05, 4.69) is 134 Å².